The average molecular weight is 351 g/mol. The van der Waals surface area contributed by atoms with Crippen LogP contribution in [0, 0.1) is 10.1 Å². The maximum atomic E-state index is 12.5. The molecule has 0 bridgehead atoms. The molecule has 0 fully saturated rings. The number of non-ortho nitro benzene ring substituents is 1. The zero-order valence-corrected chi connectivity index (χ0v) is 13.9. The average Bonchev–Trinajstić information content (AvgIpc) is 2.65. The van der Waals surface area contributed by atoms with Crippen molar-refractivity contribution in [1.82, 2.24) is 5.32 Å². The van der Waals surface area contributed by atoms with Crippen molar-refractivity contribution in [1.29, 1.82) is 0 Å². The summed E-state index contributed by atoms with van der Waals surface area (Å²) in [5.41, 5.74) is 0.272. The molecule has 0 atom stereocenters. The van der Waals surface area contributed by atoms with E-state index >= 15 is 0 Å². The number of hydrogen-bond donors (Lipinski definition) is 1. The summed E-state index contributed by atoms with van der Waals surface area (Å²) in [7, 11) is 1.47. The molecule has 0 aliphatic heterocycles. The molecule has 0 unspecified atom stereocenters. The van der Waals surface area contributed by atoms with Crippen molar-refractivity contribution in [3.8, 4) is 11.5 Å². The fraction of sp³-hybridized carbons (Fsp3) is 0.105. The van der Waals surface area contributed by atoms with Gasteiger partial charge in [-0.25, -0.2) is 0 Å². The van der Waals surface area contributed by atoms with Crippen LogP contribution in [0.1, 0.15) is 15.9 Å². The van der Waals surface area contributed by atoms with Crippen molar-refractivity contribution in [3.63, 3.8) is 0 Å². The number of benzene rings is 3. The predicted molar refractivity (Wildman–Crippen MR) is 94.2 cm³/mol. The number of nitrogens with zero attached hydrogens (tertiary/aromatic N) is 1. The lowest BCUT2D eigenvalue weighted by molar-refractivity contribution is -0.385. The first-order valence-electron chi connectivity index (χ1n) is 7.79. The molecule has 3 aromatic rings. The summed E-state index contributed by atoms with van der Waals surface area (Å²) in [6, 6.07) is 14.4. The van der Waals surface area contributed by atoms with Gasteiger partial charge in [0.2, 0.25) is 0 Å². The molecular formula is C19H15N2O5-. The van der Waals surface area contributed by atoms with Crippen LogP contribution in [-0.4, -0.2) is 17.9 Å². The standard InChI is InChI=1S/C19H16N2O5/c1-26-18-10-13-5-3-2-4-12(13)9-16(18)19(23)20-11-14-8-15(21(24)25)6-7-17(14)22/h2-10,22H,11H2,1H3,(H,20,23)/p-1. The van der Waals surface area contributed by atoms with Gasteiger partial charge in [0, 0.05) is 18.7 Å². The van der Waals surface area contributed by atoms with Crippen molar-refractivity contribution in [2.75, 3.05) is 7.11 Å². The van der Waals surface area contributed by atoms with Gasteiger partial charge in [-0.2, -0.15) is 0 Å². The molecule has 0 aromatic heterocycles. The number of carbonyl (C=O) groups excluding carboxylic acids is 1. The zero-order valence-electron chi connectivity index (χ0n) is 13.9. The van der Waals surface area contributed by atoms with Gasteiger partial charge in [-0.05, 0) is 28.5 Å². The third-order valence-corrected chi connectivity index (χ3v) is 4.01. The maximum absolute atomic E-state index is 12.5. The molecule has 132 valence electrons. The zero-order chi connectivity index (χ0) is 18.7. The van der Waals surface area contributed by atoms with Crippen LogP contribution in [0.4, 0.5) is 5.69 Å². The largest absolute Gasteiger partial charge is 0.872 e. The van der Waals surface area contributed by atoms with Crippen molar-refractivity contribution in [2.45, 2.75) is 6.54 Å². The van der Waals surface area contributed by atoms with Gasteiger partial charge in [0.1, 0.15) is 5.75 Å². The van der Waals surface area contributed by atoms with E-state index in [0.29, 0.717) is 11.3 Å². The summed E-state index contributed by atoms with van der Waals surface area (Å²) in [6.07, 6.45) is 0. The molecule has 0 aliphatic carbocycles. The van der Waals surface area contributed by atoms with Gasteiger partial charge in [0.05, 0.1) is 17.6 Å². The molecule has 3 rings (SSSR count). The van der Waals surface area contributed by atoms with Crippen LogP contribution in [0.25, 0.3) is 10.8 Å². The van der Waals surface area contributed by atoms with Crippen molar-refractivity contribution in [3.05, 3.63) is 75.8 Å². The molecular weight excluding hydrogens is 336 g/mol. The smallest absolute Gasteiger partial charge is 0.269 e. The Morgan fingerprint density at radius 1 is 1.12 bits per heavy atom. The highest BCUT2D eigenvalue weighted by Crippen LogP contribution is 2.26. The van der Waals surface area contributed by atoms with Crippen LogP contribution in [0.3, 0.4) is 0 Å². The first kappa shape index (κ1) is 17.2. The molecule has 0 saturated heterocycles. The summed E-state index contributed by atoms with van der Waals surface area (Å²) < 4.78 is 5.29. The second-order valence-electron chi connectivity index (χ2n) is 5.63. The molecule has 0 spiro atoms. The lowest BCUT2D eigenvalue weighted by Crippen LogP contribution is -2.24. The summed E-state index contributed by atoms with van der Waals surface area (Å²) >= 11 is 0. The highest BCUT2D eigenvalue weighted by atomic mass is 16.6. The van der Waals surface area contributed by atoms with Gasteiger partial charge in [-0.3, -0.25) is 14.9 Å². The van der Waals surface area contributed by atoms with Crippen molar-refractivity contribution >= 4 is 22.4 Å². The van der Waals surface area contributed by atoms with E-state index in [9.17, 15) is 20.0 Å². The quantitative estimate of drug-likeness (QED) is 0.562. The number of ether oxygens (including phenoxy) is 1. The minimum absolute atomic E-state index is 0.116. The number of carbonyl (C=O) groups is 1. The Bertz CT molecular complexity index is 1000. The van der Waals surface area contributed by atoms with E-state index < -0.39 is 10.8 Å². The number of rotatable bonds is 5. The normalized spacial score (nSPS) is 10.5. The minimum Gasteiger partial charge on any atom is -0.872 e. The maximum Gasteiger partial charge on any atom is 0.269 e. The molecule has 7 nitrogen and oxygen atoms in total. The Labute approximate surface area is 149 Å². The minimum atomic E-state index is -0.586. The Hall–Kier alpha value is -3.61. The van der Waals surface area contributed by atoms with Crippen LogP contribution in [0.15, 0.2) is 54.6 Å². The summed E-state index contributed by atoms with van der Waals surface area (Å²) in [5.74, 6) is -0.400. The Morgan fingerprint density at radius 2 is 1.81 bits per heavy atom. The Kier molecular flexibility index (Phi) is 4.70. The number of amides is 1. The van der Waals surface area contributed by atoms with Gasteiger partial charge < -0.3 is 15.2 Å². The second kappa shape index (κ2) is 7.10. The van der Waals surface area contributed by atoms with Gasteiger partial charge in [0.15, 0.2) is 0 Å². The predicted octanol–water partition coefficient (Wildman–Crippen LogP) is 2.76. The molecule has 0 radical (unpaired) electrons. The van der Waals surface area contributed by atoms with Gasteiger partial charge in [-0.15, -0.1) is 5.75 Å². The number of nitro groups is 1. The Morgan fingerprint density at radius 3 is 2.46 bits per heavy atom. The highest BCUT2D eigenvalue weighted by Gasteiger charge is 2.14. The molecule has 26 heavy (non-hydrogen) atoms. The molecule has 1 amide bonds. The van der Waals surface area contributed by atoms with Gasteiger partial charge >= 0.3 is 0 Å². The first-order valence-corrected chi connectivity index (χ1v) is 7.79. The molecule has 0 aliphatic rings. The van der Waals surface area contributed by atoms with Gasteiger partial charge in [0.25, 0.3) is 11.6 Å². The Balaban J connectivity index is 1.86. The van der Waals surface area contributed by atoms with Crippen molar-refractivity contribution < 1.29 is 19.6 Å². The SMILES string of the molecule is COc1cc2ccccc2cc1C(=O)NCc1cc([N+](=O)[O-])ccc1[O-]. The molecule has 0 saturated carbocycles. The van der Waals surface area contributed by atoms with Crippen LogP contribution in [0.2, 0.25) is 0 Å². The van der Waals surface area contributed by atoms with Gasteiger partial charge in [-0.1, -0.05) is 30.3 Å². The van der Waals surface area contributed by atoms with E-state index in [0.717, 1.165) is 22.9 Å². The number of nitro benzene ring substituents is 1. The summed E-state index contributed by atoms with van der Waals surface area (Å²) in [5, 5.41) is 27.1. The topological polar surface area (TPSA) is 105 Å². The van der Waals surface area contributed by atoms with Crippen LogP contribution < -0.4 is 15.2 Å². The molecule has 0 heterocycles. The number of hydrogen-bond acceptors (Lipinski definition) is 5. The third-order valence-electron chi connectivity index (χ3n) is 4.01. The lowest BCUT2D eigenvalue weighted by Gasteiger charge is -2.15. The second-order valence-corrected chi connectivity index (χ2v) is 5.63. The number of nitrogens with one attached hydrogen (secondary N) is 1. The molecule has 7 heteroatoms. The summed E-state index contributed by atoms with van der Waals surface area (Å²) in [4.78, 5) is 22.8. The molecule has 3 aromatic carbocycles. The van der Waals surface area contributed by atoms with E-state index in [1.807, 2.05) is 24.3 Å². The fourth-order valence-electron chi connectivity index (χ4n) is 2.65. The van der Waals surface area contributed by atoms with E-state index in [4.69, 9.17) is 4.74 Å². The van der Waals surface area contributed by atoms with Crippen LogP contribution in [-0.2, 0) is 6.54 Å². The first-order chi connectivity index (χ1) is 12.5. The van der Waals surface area contributed by atoms with E-state index in [-0.39, 0.29) is 23.5 Å². The highest BCUT2D eigenvalue weighted by molar-refractivity contribution is 6.01. The van der Waals surface area contributed by atoms with Crippen LogP contribution in [0.5, 0.6) is 11.5 Å². The number of fused-ring (bicyclic) bond motifs is 1. The fourth-order valence-corrected chi connectivity index (χ4v) is 2.65. The van der Waals surface area contributed by atoms with E-state index in [1.54, 1.807) is 12.1 Å². The molecule has 1 N–H and O–H groups in total. The third kappa shape index (κ3) is 3.41. The van der Waals surface area contributed by atoms with E-state index in [2.05, 4.69) is 5.32 Å². The summed E-state index contributed by atoms with van der Waals surface area (Å²) in [6.45, 7) is -0.116. The number of methoxy groups -OCH3 is 1. The van der Waals surface area contributed by atoms with E-state index in [1.165, 1.54) is 13.2 Å². The van der Waals surface area contributed by atoms with Crippen molar-refractivity contribution in [2.24, 2.45) is 0 Å². The monoisotopic (exact) mass is 351 g/mol. The lowest BCUT2D eigenvalue weighted by atomic mass is 10.1. The van der Waals surface area contributed by atoms with Crippen LogP contribution >= 0.6 is 0 Å².